The molecule has 4 nitrogen and oxygen atoms in total. The quantitative estimate of drug-likeness (QED) is 0.907. The Kier molecular flexibility index (Phi) is 4.06. The van der Waals surface area contributed by atoms with Gasteiger partial charge < -0.3 is 9.52 Å². The van der Waals surface area contributed by atoms with Crippen LogP contribution in [0.1, 0.15) is 23.8 Å². The van der Waals surface area contributed by atoms with Gasteiger partial charge in [0.1, 0.15) is 11.9 Å². The maximum Gasteiger partial charge on any atom is 0.183 e. The minimum absolute atomic E-state index is 0.563. The first-order chi connectivity index (χ1) is 8.06. The number of aryl methyl sites for hydroxylation is 2. The Hall–Kier alpha value is -0.590. The Morgan fingerprint density at radius 1 is 1.53 bits per heavy atom. The molecule has 6 heteroatoms. The van der Waals surface area contributed by atoms with E-state index in [4.69, 9.17) is 4.42 Å². The number of halogens is 2. The number of furan rings is 1. The Morgan fingerprint density at radius 3 is 2.82 bits per heavy atom. The molecule has 1 unspecified atom stereocenters. The lowest BCUT2D eigenvalue weighted by Gasteiger charge is -2.05. The molecular formula is C11H12Br2N2O2. The first-order valence-corrected chi connectivity index (χ1v) is 6.75. The van der Waals surface area contributed by atoms with Gasteiger partial charge in [0, 0.05) is 13.2 Å². The Morgan fingerprint density at radius 2 is 2.29 bits per heavy atom. The molecule has 2 rings (SSSR count). The average Bonchev–Trinajstić information content (AvgIpc) is 2.83. The molecule has 1 atom stereocenters. The van der Waals surface area contributed by atoms with E-state index >= 15 is 0 Å². The molecule has 2 aromatic heterocycles. The molecule has 2 heterocycles. The predicted molar refractivity (Wildman–Crippen MR) is 70.6 cm³/mol. The topological polar surface area (TPSA) is 51.2 Å². The number of nitrogens with zero attached hydrogens (tertiary/aromatic N) is 2. The minimum atomic E-state index is -0.599. The van der Waals surface area contributed by atoms with Crippen molar-refractivity contribution in [2.75, 3.05) is 0 Å². The van der Waals surface area contributed by atoms with Crippen molar-refractivity contribution >= 4 is 31.9 Å². The summed E-state index contributed by atoms with van der Waals surface area (Å²) in [5, 5.41) is 14.0. The molecule has 1 N–H and O–H groups in total. The highest BCUT2D eigenvalue weighted by atomic mass is 79.9. The van der Waals surface area contributed by atoms with Crippen LogP contribution >= 0.6 is 31.9 Å². The summed E-state index contributed by atoms with van der Waals surface area (Å²) in [4.78, 5) is 0. The van der Waals surface area contributed by atoms with Crippen molar-refractivity contribution in [3.63, 3.8) is 0 Å². The van der Waals surface area contributed by atoms with Crippen LogP contribution in [0.25, 0.3) is 0 Å². The molecule has 0 aliphatic heterocycles. The van der Waals surface area contributed by atoms with Crippen LogP contribution in [0.15, 0.2) is 32.0 Å². The molecular weight excluding hydrogens is 352 g/mol. The van der Waals surface area contributed by atoms with E-state index in [0.717, 1.165) is 16.5 Å². The van der Waals surface area contributed by atoms with Crippen molar-refractivity contribution < 1.29 is 9.52 Å². The molecule has 0 bridgehead atoms. The van der Waals surface area contributed by atoms with Gasteiger partial charge in [0.15, 0.2) is 4.67 Å². The van der Waals surface area contributed by atoms with Crippen LogP contribution in [-0.4, -0.2) is 14.9 Å². The highest BCUT2D eigenvalue weighted by Gasteiger charge is 2.15. The van der Waals surface area contributed by atoms with E-state index < -0.39 is 6.10 Å². The zero-order valence-corrected chi connectivity index (χ0v) is 12.4. The maximum absolute atomic E-state index is 9.96. The molecule has 17 heavy (non-hydrogen) atoms. The number of aliphatic hydroxyl groups is 1. The van der Waals surface area contributed by atoms with Crippen LogP contribution < -0.4 is 0 Å². The fourth-order valence-corrected chi connectivity index (χ4v) is 2.18. The average molecular weight is 364 g/mol. The summed E-state index contributed by atoms with van der Waals surface area (Å²) in [6, 6.07) is 1.78. The Labute approximate surface area is 116 Å². The van der Waals surface area contributed by atoms with E-state index in [1.165, 1.54) is 0 Å². The number of aromatic nitrogens is 2. The summed E-state index contributed by atoms with van der Waals surface area (Å²) in [6.45, 7) is 0. The van der Waals surface area contributed by atoms with Gasteiger partial charge in [-0.15, -0.1) is 0 Å². The third kappa shape index (κ3) is 3.20. The molecule has 2 aromatic rings. The van der Waals surface area contributed by atoms with Gasteiger partial charge in [0.25, 0.3) is 0 Å². The summed E-state index contributed by atoms with van der Waals surface area (Å²) < 4.78 is 8.54. The summed E-state index contributed by atoms with van der Waals surface area (Å²) >= 11 is 6.56. The number of aliphatic hydroxyl groups excluding tert-OH is 1. The fourth-order valence-electron chi connectivity index (χ4n) is 1.57. The normalized spacial score (nSPS) is 12.9. The summed E-state index contributed by atoms with van der Waals surface area (Å²) in [6.07, 6.45) is 4.53. The number of hydrogen-bond donors (Lipinski definition) is 1. The van der Waals surface area contributed by atoms with Crippen LogP contribution in [0.3, 0.4) is 0 Å². The Bertz CT molecular complexity index is 488. The SMILES string of the molecule is Cn1cc(CCC(O)c2cc(Br)c(Br)o2)cn1. The van der Waals surface area contributed by atoms with E-state index in [1.807, 2.05) is 13.2 Å². The molecule has 0 radical (unpaired) electrons. The molecule has 92 valence electrons. The van der Waals surface area contributed by atoms with Crippen molar-refractivity contribution in [1.82, 2.24) is 9.78 Å². The molecule has 0 aromatic carbocycles. The van der Waals surface area contributed by atoms with Gasteiger partial charge in [-0.05, 0) is 56.3 Å². The maximum atomic E-state index is 9.96. The molecule has 0 aliphatic rings. The zero-order chi connectivity index (χ0) is 12.4. The van der Waals surface area contributed by atoms with Crippen molar-refractivity contribution in [3.8, 4) is 0 Å². The predicted octanol–water partition coefficient (Wildman–Crippen LogP) is 3.20. The van der Waals surface area contributed by atoms with Crippen LogP contribution in [-0.2, 0) is 13.5 Å². The van der Waals surface area contributed by atoms with Gasteiger partial charge in [-0.25, -0.2) is 0 Å². The summed E-state index contributed by atoms with van der Waals surface area (Å²) in [7, 11) is 1.88. The minimum Gasteiger partial charge on any atom is -0.450 e. The van der Waals surface area contributed by atoms with E-state index in [9.17, 15) is 5.11 Å². The van der Waals surface area contributed by atoms with Gasteiger partial charge in [0.2, 0.25) is 0 Å². The smallest absolute Gasteiger partial charge is 0.183 e. The van der Waals surface area contributed by atoms with Gasteiger partial charge in [-0.2, -0.15) is 5.10 Å². The van der Waals surface area contributed by atoms with Crippen molar-refractivity contribution in [1.29, 1.82) is 0 Å². The highest BCUT2D eigenvalue weighted by Crippen LogP contribution is 2.31. The van der Waals surface area contributed by atoms with Gasteiger partial charge in [-0.3, -0.25) is 4.68 Å². The lowest BCUT2D eigenvalue weighted by molar-refractivity contribution is 0.139. The van der Waals surface area contributed by atoms with E-state index in [0.29, 0.717) is 16.9 Å². The van der Waals surface area contributed by atoms with E-state index in [-0.39, 0.29) is 0 Å². The van der Waals surface area contributed by atoms with Gasteiger partial charge in [-0.1, -0.05) is 0 Å². The van der Waals surface area contributed by atoms with E-state index in [1.54, 1.807) is 16.9 Å². The van der Waals surface area contributed by atoms with Crippen LogP contribution in [0.2, 0.25) is 0 Å². The van der Waals surface area contributed by atoms with Crippen molar-refractivity contribution in [2.45, 2.75) is 18.9 Å². The molecule has 0 saturated carbocycles. The standard InChI is InChI=1S/C11H12Br2N2O2/c1-15-6-7(5-14-15)2-3-9(16)10-4-8(12)11(13)17-10/h4-6,9,16H,2-3H2,1H3. The van der Waals surface area contributed by atoms with Crippen molar-refractivity contribution in [3.05, 3.63) is 38.9 Å². The van der Waals surface area contributed by atoms with Gasteiger partial charge >= 0.3 is 0 Å². The summed E-state index contributed by atoms with van der Waals surface area (Å²) in [5.41, 5.74) is 1.11. The second kappa shape index (κ2) is 5.37. The van der Waals surface area contributed by atoms with Crippen molar-refractivity contribution in [2.24, 2.45) is 7.05 Å². The molecule has 0 spiro atoms. The molecule has 0 amide bonds. The fraction of sp³-hybridized carbons (Fsp3) is 0.364. The van der Waals surface area contributed by atoms with Crippen LogP contribution in [0.4, 0.5) is 0 Å². The van der Waals surface area contributed by atoms with Crippen LogP contribution in [0, 0.1) is 0 Å². The van der Waals surface area contributed by atoms with E-state index in [2.05, 4.69) is 37.0 Å². The lowest BCUT2D eigenvalue weighted by atomic mass is 10.1. The zero-order valence-electron chi connectivity index (χ0n) is 9.23. The molecule has 0 aliphatic carbocycles. The summed E-state index contributed by atoms with van der Waals surface area (Å²) in [5.74, 6) is 0.563. The third-order valence-electron chi connectivity index (χ3n) is 2.46. The molecule has 0 saturated heterocycles. The first-order valence-electron chi connectivity index (χ1n) is 5.16. The number of rotatable bonds is 4. The monoisotopic (exact) mass is 362 g/mol. The largest absolute Gasteiger partial charge is 0.450 e. The second-order valence-electron chi connectivity index (χ2n) is 3.85. The Balaban J connectivity index is 1.95. The molecule has 0 fully saturated rings. The third-order valence-corrected chi connectivity index (χ3v) is 4.17. The first kappa shape index (κ1) is 12.9. The lowest BCUT2D eigenvalue weighted by Crippen LogP contribution is -1.97. The highest BCUT2D eigenvalue weighted by molar-refractivity contribution is 9.13. The number of hydrogen-bond acceptors (Lipinski definition) is 3. The van der Waals surface area contributed by atoms with Gasteiger partial charge in [0.05, 0.1) is 10.7 Å². The second-order valence-corrected chi connectivity index (χ2v) is 5.42. The van der Waals surface area contributed by atoms with Crippen LogP contribution in [0.5, 0.6) is 0 Å².